The van der Waals surface area contributed by atoms with Gasteiger partial charge in [-0.2, -0.15) is 0 Å². The lowest BCUT2D eigenvalue weighted by Crippen LogP contribution is -2.51. The molecule has 1 aliphatic rings. The molecule has 1 saturated carbocycles. The molecule has 0 aromatic heterocycles. The fourth-order valence-corrected chi connectivity index (χ4v) is 2.62. The molecule has 0 radical (unpaired) electrons. The summed E-state index contributed by atoms with van der Waals surface area (Å²) in [7, 11) is 2.99. The number of hydrogen-bond acceptors (Lipinski definition) is 4. The molecule has 0 saturated heterocycles. The summed E-state index contributed by atoms with van der Waals surface area (Å²) in [6.45, 7) is 2.20. The zero-order chi connectivity index (χ0) is 15.8. The summed E-state index contributed by atoms with van der Waals surface area (Å²) in [5.41, 5.74) is 0. The van der Waals surface area contributed by atoms with Crippen molar-refractivity contribution in [2.24, 2.45) is 5.92 Å². The maximum absolute atomic E-state index is 12.0. The van der Waals surface area contributed by atoms with Gasteiger partial charge in [-0.3, -0.25) is 9.59 Å². The molecule has 2 amide bonds. The van der Waals surface area contributed by atoms with E-state index >= 15 is 0 Å². The van der Waals surface area contributed by atoms with Crippen molar-refractivity contribution < 1.29 is 19.4 Å². The van der Waals surface area contributed by atoms with Crippen LogP contribution in [0, 0.1) is 5.92 Å². The van der Waals surface area contributed by atoms with Crippen molar-refractivity contribution >= 4 is 11.8 Å². The van der Waals surface area contributed by atoms with Crippen LogP contribution in [0.1, 0.15) is 39.0 Å². The first-order valence-corrected chi connectivity index (χ1v) is 7.67. The van der Waals surface area contributed by atoms with Gasteiger partial charge in [-0.15, -0.1) is 0 Å². The molecule has 2 unspecified atom stereocenters. The molecule has 2 atom stereocenters. The summed E-state index contributed by atoms with van der Waals surface area (Å²) in [6, 6.07) is -0.584. The maximum atomic E-state index is 12.0. The van der Waals surface area contributed by atoms with Crippen LogP contribution in [-0.2, 0) is 14.3 Å². The lowest BCUT2D eigenvalue weighted by molar-refractivity contribution is -0.142. The Labute approximate surface area is 126 Å². The van der Waals surface area contributed by atoms with E-state index in [2.05, 4.69) is 5.32 Å². The summed E-state index contributed by atoms with van der Waals surface area (Å²) >= 11 is 0. The number of methoxy groups -OCH3 is 1. The first-order valence-electron chi connectivity index (χ1n) is 7.67. The van der Waals surface area contributed by atoms with Gasteiger partial charge in [0.2, 0.25) is 5.91 Å². The van der Waals surface area contributed by atoms with Gasteiger partial charge in [0.25, 0.3) is 5.91 Å². The monoisotopic (exact) mass is 300 g/mol. The summed E-state index contributed by atoms with van der Waals surface area (Å²) in [6.07, 6.45) is 4.76. The van der Waals surface area contributed by atoms with Gasteiger partial charge in [-0.05, 0) is 25.7 Å². The lowest BCUT2D eigenvalue weighted by Gasteiger charge is -2.29. The third kappa shape index (κ3) is 5.63. The largest absolute Gasteiger partial charge is 0.381 e. The highest BCUT2D eigenvalue weighted by atomic mass is 16.5. The Hall–Kier alpha value is -1.14. The van der Waals surface area contributed by atoms with Crippen molar-refractivity contribution in [3.05, 3.63) is 0 Å². The predicted octanol–water partition coefficient (Wildman–Crippen LogP) is 0.537. The van der Waals surface area contributed by atoms with E-state index < -0.39 is 18.1 Å². The lowest BCUT2D eigenvalue weighted by atomic mass is 9.89. The van der Waals surface area contributed by atoms with Crippen LogP contribution in [0.5, 0.6) is 0 Å². The van der Waals surface area contributed by atoms with Crippen LogP contribution < -0.4 is 5.32 Å². The van der Waals surface area contributed by atoms with Crippen molar-refractivity contribution in [1.82, 2.24) is 10.2 Å². The SMILES string of the molecule is COCC(=O)N(C)C(C)C(O)C(=O)NCC1CCCCC1. The summed E-state index contributed by atoms with van der Waals surface area (Å²) in [5, 5.41) is 12.9. The third-order valence-electron chi connectivity index (χ3n) is 4.29. The summed E-state index contributed by atoms with van der Waals surface area (Å²) in [5.74, 6) is -0.160. The molecule has 6 nitrogen and oxygen atoms in total. The molecule has 2 N–H and O–H groups in total. The second-order valence-electron chi connectivity index (χ2n) is 5.87. The molecule has 6 heteroatoms. The number of nitrogens with zero attached hydrogens (tertiary/aromatic N) is 1. The highest BCUT2D eigenvalue weighted by molar-refractivity contribution is 5.83. The van der Waals surface area contributed by atoms with Crippen molar-refractivity contribution in [2.45, 2.75) is 51.2 Å². The standard InChI is InChI=1S/C15H28N2O4/c1-11(17(2)13(18)10-21-3)14(19)15(20)16-9-12-7-5-4-6-8-12/h11-12,14,19H,4-10H2,1-3H3,(H,16,20). The molecule has 1 rings (SSSR count). The van der Waals surface area contributed by atoms with E-state index in [4.69, 9.17) is 4.74 Å². The Morgan fingerprint density at radius 2 is 1.95 bits per heavy atom. The fraction of sp³-hybridized carbons (Fsp3) is 0.867. The number of aliphatic hydroxyl groups is 1. The minimum atomic E-state index is -1.22. The second-order valence-corrected chi connectivity index (χ2v) is 5.87. The average Bonchev–Trinajstić information content (AvgIpc) is 2.51. The van der Waals surface area contributed by atoms with Gasteiger partial charge in [0, 0.05) is 20.7 Å². The predicted molar refractivity (Wildman–Crippen MR) is 79.7 cm³/mol. The van der Waals surface area contributed by atoms with Crippen LogP contribution in [0.3, 0.4) is 0 Å². The van der Waals surface area contributed by atoms with Crippen molar-refractivity contribution in [2.75, 3.05) is 27.3 Å². The molecule has 0 aromatic carbocycles. The first kappa shape index (κ1) is 17.9. The zero-order valence-electron chi connectivity index (χ0n) is 13.3. The van der Waals surface area contributed by atoms with E-state index in [1.807, 2.05) is 0 Å². The van der Waals surface area contributed by atoms with E-state index in [0.29, 0.717) is 12.5 Å². The van der Waals surface area contributed by atoms with Crippen LogP contribution >= 0.6 is 0 Å². The van der Waals surface area contributed by atoms with Crippen LogP contribution in [0.15, 0.2) is 0 Å². The summed E-state index contributed by atoms with van der Waals surface area (Å²) < 4.78 is 4.77. The Bertz CT molecular complexity index is 343. The number of carbonyl (C=O) groups excluding carboxylic acids is 2. The number of nitrogens with one attached hydrogen (secondary N) is 1. The molecule has 0 heterocycles. The Morgan fingerprint density at radius 3 is 2.52 bits per heavy atom. The van der Waals surface area contributed by atoms with Gasteiger partial charge in [-0.1, -0.05) is 19.3 Å². The van der Waals surface area contributed by atoms with Crippen LogP contribution in [0.4, 0.5) is 0 Å². The van der Waals surface area contributed by atoms with Crippen LogP contribution in [-0.4, -0.2) is 61.3 Å². The molecule has 0 spiro atoms. The number of ether oxygens (including phenoxy) is 1. The highest BCUT2D eigenvalue weighted by Gasteiger charge is 2.28. The molecule has 21 heavy (non-hydrogen) atoms. The van der Waals surface area contributed by atoms with Crippen molar-refractivity contribution in [3.8, 4) is 0 Å². The van der Waals surface area contributed by atoms with E-state index in [1.165, 1.54) is 31.3 Å². The Morgan fingerprint density at radius 1 is 1.33 bits per heavy atom. The maximum Gasteiger partial charge on any atom is 0.250 e. The number of rotatable bonds is 7. The molecule has 1 aliphatic carbocycles. The molecule has 122 valence electrons. The second kappa shape index (κ2) is 9.00. The number of carbonyl (C=O) groups is 2. The number of hydrogen-bond donors (Lipinski definition) is 2. The molecule has 1 fully saturated rings. The molecular formula is C15H28N2O4. The molecule has 0 aromatic rings. The van der Waals surface area contributed by atoms with E-state index in [-0.39, 0.29) is 12.5 Å². The van der Waals surface area contributed by atoms with Gasteiger partial charge in [0.15, 0.2) is 6.10 Å². The highest BCUT2D eigenvalue weighted by Crippen LogP contribution is 2.22. The number of aliphatic hydroxyl groups excluding tert-OH is 1. The van der Waals surface area contributed by atoms with Gasteiger partial charge < -0.3 is 20.1 Å². The average molecular weight is 300 g/mol. The van der Waals surface area contributed by atoms with Crippen LogP contribution in [0.25, 0.3) is 0 Å². The van der Waals surface area contributed by atoms with Gasteiger partial charge in [0.1, 0.15) is 6.61 Å². The zero-order valence-corrected chi connectivity index (χ0v) is 13.3. The van der Waals surface area contributed by atoms with Gasteiger partial charge >= 0.3 is 0 Å². The van der Waals surface area contributed by atoms with E-state index in [9.17, 15) is 14.7 Å². The Kier molecular flexibility index (Phi) is 7.67. The quantitative estimate of drug-likeness (QED) is 0.719. The molecule has 0 bridgehead atoms. The van der Waals surface area contributed by atoms with Crippen LogP contribution in [0.2, 0.25) is 0 Å². The van der Waals surface area contributed by atoms with Gasteiger partial charge in [-0.25, -0.2) is 0 Å². The minimum Gasteiger partial charge on any atom is -0.381 e. The fourth-order valence-electron chi connectivity index (χ4n) is 2.62. The van der Waals surface area contributed by atoms with Crippen molar-refractivity contribution in [1.29, 1.82) is 0 Å². The number of amides is 2. The third-order valence-corrected chi connectivity index (χ3v) is 4.29. The van der Waals surface area contributed by atoms with Gasteiger partial charge in [0.05, 0.1) is 6.04 Å². The topological polar surface area (TPSA) is 78.9 Å². The van der Waals surface area contributed by atoms with Crippen molar-refractivity contribution in [3.63, 3.8) is 0 Å². The molecular weight excluding hydrogens is 272 g/mol. The molecule has 0 aliphatic heterocycles. The number of likely N-dealkylation sites (N-methyl/N-ethyl adjacent to an activating group) is 1. The van der Waals surface area contributed by atoms with E-state index in [1.54, 1.807) is 14.0 Å². The Balaban J connectivity index is 2.39. The van der Waals surface area contributed by atoms with E-state index in [0.717, 1.165) is 12.8 Å². The first-order chi connectivity index (χ1) is 9.97. The summed E-state index contributed by atoms with van der Waals surface area (Å²) in [4.78, 5) is 25.0. The smallest absolute Gasteiger partial charge is 0.250 e. The minimum absolute atomic E-state index is 0.0583. The normalized spacial score (nSPS) is 18.9.